The van der Waals surface area contributed by atoms with Gasteiger partial charge in [0.15, 0.2) is 0 Å². The topological polar surface area (TPSA) is 18.8 Å². The lowest BCUT2D eigenvalue weighted by molar-refractivity contribution is 0.685. The van der Waals surface area contributed by atoms with Crippen molar-refractivity contribution in [2.45, 2.75) is 25.7 Å². The molecule has 0 radical (unpaired) electrons. The third kappa shape index (κ3) is 7.50. The Labute approximate surface area is 307 Å². The average molecular weight is 672 g/mol. The quantitative estimate of drug-likeness (QED) is 0.0819. The summed E-state index contributed by atoms with van der Waals surface area (Å²) in [5.74, 6) is 0. The van der Waals surface area contributed by atoms with Crippen LogP contribution in [-0.4, -0.2) is 6.21 Å². The second-order valence-corrected chi connectivity index (χ2v) is 13.2. The highest BCUT2D eigenvalue weighted by molar-refractivity contribution is 5.92. The number of fused-ring (bicyclic) bond motifs is 1. The van der Waals surface area contributed by atoms with E-state index in [1.54, 1.807) is 0 Å². The third-order valence-electron chi connectivity index (χ3n) is 9.70. The molecule has 7 aromatic carbocycles. The first kappa shape index (κ1) is 32.7. The van der Waals surface area contributed by atoms with Crippen LogP contribution >= 0.6 is 0 Å². The summed E-state index contributed by atoms with van der Waals surface area (Å²) in [4.78, 5) is 2.37. The fourth-order valence-corrected chi connectivity index (χ4v) is 7.02. The standard InChI is InChI=1S/C49H41N3/c1-5-16-41(17-6-1)49(42-18-7-2-8-19-42)35-38-25-30-44(31-26-38)51(48-34-29-40-15-13-14-20-43(40)36-48)45-32-27-39(28-33-45)37-50-52(46-21-9-3-10-22-46)47-23-11-4-12-24-47/h1-12,16-19,21-37H,13-15,20H2. The van der Waals surface area contributed by atoms with E-state index in [9.17, 15) is 0 Å². The molecule has 0 aromatic heterocycles. The summed E-state index contributed by atoms with van der Waals surface area (Å²) in [6, 6.07) is 66.5. The summed E-state index contributed by atoms with van der Waals surface area (Å²) in [5, 5.41) is 6.92. The summed E-state index contributed by atoms with van der Waals surface area (Å²) in [7, 11) is 0. The van der Waals surface area contributed by atoms with Crippen LogP contribution in [0.25, 0.3) is 11.6 Å². The van der Waals surface area contributed by atoms with Gasteiger partial charge in [0.25, 0.3) is 0 Å². The van der Waals surface area contributed by atoms with Crippen molar-refractivity contribution >= 4 is 46.3 Å². The molecule has 0 N–H and O–H groups in total. The van der Waals surface area contributed by atoms with Gasteiger partial charge in [0.2, 0.25) is 0 Å². The molecule has 1 aliphatic rings. The van der Waals surface area contributed by atoms with Gasteiger partial charge in [-0.2, -0.15) is 5.10 Å². The first-order valence-electron chi connectivity index (χ1n) is 18.2. The van der Waals surface area contributed by atoms with Crippen LogP contribution in [0.5, 0.6) is 0 Å². The van der Waals surface area contributed by atoms with E-state index in [2.05, 4.69) is 163 Å². The Morgan fingerprint density at radius 3 is 1.42 bits per heavy atom. The molecule has 0 heterocycles. The first-order valence-corrected chi connectivity index (χ1v) is 18.2. The zero-order valence-electron chi connectivity index (χ0n) is 29.2. The highest BCUT2D eigenvalue weighted by atomic mass is 15.5. The molecule has 3 heteroatoms. The van der Waals surface area contributed by atoms with E-state index in [4.69, 9.17) is 5.10 Å². The number of benzene rings is 7. The molecule has 52 heavy (non-hydrogen) atoms. The number of aryl methyl sites for hydroxylation is 2. The molecule has 252 valence electrons. The highest BCUT2D eigenvalue weighted by Gasteiger charge is 2.17. The fourth-order valence-electron chi connectivity index (χ4n) is 7.02. The van der Waals surface area contributed by atoms with Gasteiger partial charge < -0.3 is 4.90 Å². The second kappa shape index (κ2) is 15.6. The Hall–Kier alpha value is -6.45. The van der Waals surface area contributed by atoms with Gasteiger partial charge in [-0.05, 0) is 131 Å². The minimum absolute atomic E-state index is 1.01. The molecular formula is C49H41N3. The maximum atomic E-state index is 4.94. The van der Waals surface area contributed by atoms with Gasteiger partial charge in [0.1, 0.15) is 0 Å². The van der Waals surface area contributed by atoms with E-state index >= 15 is 0 Å². The molecule has 0 bridgehead atoms. The first-order chi connectivity index (χ1) is 25.8. The molecule has 8 rings (SSSR count). The van der Waals surface area contributed by atoms with Crippen LogP contribution in [0.4, 0.5) is 28.4 Å². The van der Waals surface area contributed by atoms with Crippen molar-refractivity contribution in [2.24, 2.45) is 5.10 Å². The molecule has 3 nitrogen and oxygen atoms in total. The van der Waals surface area contributed by atoms with E-state index < -0.39 is 0 Å². The van der Waals surface area contributed by atoms with Crippen LogP contribution in [0.3, 0.4) is 0 Å². The van der Waals surface area contributed by atoms with Gasteiger partial charge in [0, 0.05) is 17.1 Å². The Morgan fingerprint density at radius 2 is 0.885 bits per heavy atom. The van der Waals surface area contributed by atoms with Gasteiger partial charge in [-0.3, -0.25) is 0 Å². The molecule has 0 saturated carbocycles. The van der Waals surface area contributed by atoms with E-state index in [1.165, 1.54) is 52.8 Å². The van der Waals surface area contributed by atoms with E-state index in [1.807, 2.05) is 47.6 Å². The number of para-hydroxylation sites is 2. The predicted octanol–water partition coefficient (Wildman–Crippen LogP) is 12.8. The number of anilines is 5. The lowest BCUT2D eigenvalue weighted by atomic mass is 9.91. The lowest BCUT2D eigenvalue weighted by Crippen LogP contribution is -2.12. The SMILES string of the molecule is C(=NN(c1ccccc1)c1ccccc1)c1ccc(N(c2ccc(C=C(c3ccccc3)c3ccccc3)cc2)c2ccc3c(c2)CCCC3)cc1. The van der Waals surface area contributed by atoms with Gasteiger partial charge in [-0.15, -0.1) is 0 Å². The molecule has 0 atom stereocenters. The molecule has 7 aromatic rings. The molecule has 0 unspecified atom stereocenters. The summed E-state index contributed by atoms with van der Waals surface area (Å²) < 4.78 is 0. The van der Waals surface area contributed by atoms with Crippen molar-refractivity contribution in [1.82, 2.24) is 0 Å². The smallest absolute Gasteiger partial charge is 0.0652 e. The van der Waals surface area contributed by atoms with Gasteiger partial charge in [-0.25, -0.2) is 5.01 Å². The Morgan fingerprint density at radius 1 is 0.423 bits per heavy atom. The zero-order valence-corrected chi connectivity index (χ0v) is 29.2. The molecule has 0 spiro atoms. The minimum Gasteiger partial charge on any atom is -0.310 e. The van der Waals surface area contributed by atoms with Crippen molar-refractivity contribution in [2.75, 3.05) is 9.91 Å². The number of hydrogen-bond donors (Lipinski definition) is 0. The van der Waals surface area contributed by atoms with Crippen LogP contribution in [0, 0.1) is 0 Å². The number of hydrogen-bond acceptors (Lipinski definition) is 3. The van der Waals surface area contributed by atoms with E-state index in [-0.39, 0.29) is 0 Å². The van der Waals surface area contributed by atoms with Gasteiger partial charge in [-0.1, -0.05) is 127 Å². The lowest BCUT2D eigenvalue weighted by Gasteiger charge is -2.27. The van der Waals surface area contributed by atoms with Gasteiger partial charge in [0.05, 0.1) is 17.6 Å². The molecule has 1 aliphatic carbocycles. The monoisotopic (exact) mass is 671 g/mol. The van der Waals surface area contributed by atoms with Crippen molar-refractivity contribution in [3.8, 4) is 0 Å². The van der Waals surface area contributed by atoms with Crippen molar-refractivity contribution in [3.63, 3.8) is 0 Å². The van der Waals surface area contributed by atoms with E-state index in [0.29, 0.717) is 0 Å². The fraction of sp³-hybridized carbons (Fsp3) is 0.0816. The van der Waals surface area contributed by atoms with Crippen molar-refractivity contribution in [3.05, 3.63) is 221 Å². The normalized spacial score (nSPS) is 12.2. The van der Waals surface area contributed by atoms with E-state index in [0.717, 1.165) is 40.3 Å². The zero-order chi connectivity index (χ0) is 35.0. The van der Waals surface area contributed by atoms with Gasteiger partial charge >= 0.3 is 0 Å². The number of rotatable bonds is 10. The van der Waals surface area contributed by atoms with Crippen LogP contribution in [0.15, 0.2) is 193 Å². The number of nitrogens with zero attached hydrogens (tertiary/aromatic N) is 3. The molecule has 0 amide bonds. The van der Waals surface area contributed by atoms with Crippen molar-refractivity contribution in [1.29, 1.82) is 0 Å². The maximum Gasteiger partial charge on any atom is 0.0652 e. The Balaban J connectivity index is 1.13. The van der Waals surface area contributed by atoms with Crippen LogP contribution < -0.4 is 9.91 Å². The molecule has 0 saturated heterocycles. The highest BCUT2D eigenvalue weighted by Crippen LogP contribution is 2.37. The third-order valence-corrected chi connectivity index (χ3v) is 9.70. The average Bonchev–Trinajstić information content (AvgIpc) is 3.22. The summed E-state index contributed by atoms with van der Waals surface area (Å²) in [5.41, 5.74) is 14.2. The molecule has 0 aliphatic heterocycles. The maximum absolute atomic E-state index is 4.94. The summed E-state index contributed by atoms with van der Waals surface area (Å²) in [6.07, 6.45) is 9.05. The summed E-state index contributed by atoms with van der Waals surface area (Å²) in [6.45, 7) is 0. The molecular weight excluding hydrogens is 631 g/mol. The van der Waals surface area contributed by atoms with Crippen LogP contribution in [-0.2, 0) is 12.8 Å². The molecule has 0 fully saturated rings. The Kier molecular flexibility index (Phi) is 9.83. The number of hydrazone groups is 1. The summed E-state index contributed by atoms with van der Waals surface area (Å²) >= 11 is 0. The minimum atomic E-state index is 1.01. The predicted molar refractivity (Wildman–Crippen MR) is 220 cm³/mol. The van der Waals surface area contributed by atoms with Crippen LogP contribution in [0.2, 0.25) is 0 Å². The second-order valence-electron chi connectivity index (χ2n) is 13.2. The largest absolute Gasteiger partial charge is 0.310 e. The van der Waals surface area contributed by atoms with Crippen molar-refractivity contribution < 1.29 is 0 Å². The van der Waals surface area contributed by atoms with Crippen LogP contribution in [0.1, 0.15) is 46.2 Å². The Bertz CT molecular complexity index is 2180.